The van der Waals surface area contributed by atoms with Crippen molar-refractivity contribution in [2.45, 2.75) is 18.9 Å². The fourth-order valence-electron chi connectivity index (χ4n) is 1.96. The Morgan fingerprint density at radius 3 is 2.80 bits per heavy atom. The van der Waals surface area contributed by atoms with Gasteiger partial charge in [-0.15, -0.1) is 0 Å². The van der Waals surface area contributed by atoms with Gasteiger partial charge < -0.3 is 4.74 Å². The Labute approximate surface area is 59.9 Å². The van der Waals surface area contributed by atoms with Crippen LogP contribution in [0.4, 0.5) is 0 Å². The zero-order chi connectivity index (χ0) is 6.97. The molecule has 0 saturated heterocycles. The molecule has 0 N–H and O–H groups in total. The SMILES string of the molecule is O=CO[C@@H]1C[C@H]2C=C[C@@H]1C2. The molecule has 3 atom stereocenters. The average molecular weight is 138 g/mol. The molecule has 54 valence electrons. The topological polar surface area (TPSA) is 26.3 Å². The summed E-state index contributed by atoms with van der Waals surface area (Å²) in [5.74, 6) is 1.21. The van der Waals surface area contributed by atoms with E-state index in [4.69, 9.17) is 4.74 Å². The lowest BCUT2D eigenvalue weighted by molar-refractivity contribution is -0.134. The third-order valence-electron chi connectivity index (χ3n) is 2.45. The van der Waals surface area contributed by atoms with Gasteiger partial charge in [-0.2, -0.15) is 0 Å². The van der Waals surface area contributed by atoms with Gasteiger partial charge in [0.05, 0.1) is 0 Å². The molecule has 2 aliphatic carbocycles. The molecule has 0 aromatic rings. The fraction of sp³-hybridized carbons (Fsp3) is 0.625. The van der Waals surface area contributed by atoms with Crippen LogP contribution in [0.1, 0.15) is 12.8 Å². The molecule has 0 aromatic carbocycles. The van der Waals surface area contributed by atoms with Crippen molar-refractivity contribution in [1.82, 2.24) is 0 Å². The van der Waals surface area contributed by atoms with Crippen molar-refractivity contribution in [3.63, 3.8) is 0 Å². The number of hydrogen-bond donors (Lipinski definition) is 0. The molecule has 2 bridgehead atoms. The van der Waals surface area contributed by atoms with Gasteiger partial charge in [-0.1, -0.05) is 12.2 Å². The Morgan fingerprint density at radius 2 is 2.30 bits per heavy atom. The van der Waals surface area contributed by atoms with E-state index in [1.807, 2.05) is 0 Å². The second-order valence-electron chi connectivity index (χ2n) is 3.05. The molecule has 0 unspecified atom stereocenters. The Morgan fingerprint density at radius 1 is 1.40 bits per heavy atom. The standard InChI is InChI=1S/C8H10O2/c9-5-10-8-4-6-1-2-7(8)3-6/h1-2,5-8H,3-4H2/t6-,7+,8+/m0/s1. The van der Waals surface area contributed by atoms with Crippen LogP contribution in [0.15, 0.2) is 12.2 Å². The Kier molecular flexibility index (Phi) is 1.26. The minimum atomic E-state index is 0.187. The van der Waals surface area contributed by atoms with Gasteiger partial charge in [-0.05, 0) is 18.8 Å². The first-order valence-corrected chi connectivity index (χ1v) is 3.67. The molecule has 0 heterocycles. The normalized spacial score (nSPS) is 42.2. The molecule has 10 heavy (non-hydrogen) atoms. The molecular formula is C8H10O2. The Hall–Kier alpha value is -0.790. The first kappa shape index (κ1) is 5.96. The summed E-state index contributed by atoms with van der Waals surface area (Å²) in [5.41, 5.74) is 0. The van der Waals surface area contributed by atoms with E-state index in [9.17, 15) is 4.79 Å². The number of hydrogen-bond acceptors (Lipinski definition) is 2. The minimum Gasteiger partial charge on any atom is -0.464 e. The highest BCUT2D eigenvalue weighted by molar-refractivity contribution is 5.38. The van der Waals surface area contributed by atoms with Gasteiger partial charge in [-0.3, -0.25) is 4.79 Å². The smallest absolute Gasteiger partial charge is 0.293 e. The monoisotopic (exact) mass is 138 g/mol. The van der Waals surface area contributed by atoms with Crippen LogP contribution in [-0.4, -0.2) is 12.6 Å². The summed E-state index contributed by atoms with van der Waals surface area (Å²) in [6, 6.07) is 0. The number of fused-ring (bicyclic) bond motifs is 2. The fourth-order valence-corrected chi connectivity index (χ4v) is 1.96. The van der Waals surface area contributed by atoms with Crippen LogP contribution in [0, 0.1) is 11.8 Å². The van der Waals surface area contributed by atoms with E-state index in [2.05, 4.69) is 12.2 Å². The van der Waals surface area contributed by atoms with Crippen LogP contribution in [0.5, 0.6) is 0 Å². The number of carbonyl (C=O) groups is 1. The highest BCUT2D eigenvalue weighted by Crippen LogP contribution is 2.40. The molecule has 2 rings (SSSR count). The second-order valence-corrected chi connectivity index (χ2v) is 3.05. The maximum atomic E-state index is 9.99. The van der Waals surface area contributed by atoms with E-state index >= 15 is 0 Å². The summed E-state index contributed by atoms with van der Waals surface area (Å²) in [6.45, 7) is 0.569. The lowest BCUT2D eigenvalue weighted by atomic mass is 10.1. The molecule has 0 aromatic heterocycles. The highest BCUT2D eigenvalue weighted by atomic mass is 16.5. The van der Waals surface area contributed by atoms with Crippen LogP contribution >= 0.6 is 0 Å². The maximum Gasteiger partial charge on any atom is 0.293 e. The van der Waals surface area contributed by atoms with E-state index in [0.717, 1.165) is 6.42 Å². The molecule has 0 amide bonds. The van der Waals surface area contributed by atoms with Crippen molar-refractivity contribution in [3.05, 3.63) is 12.2 Å². The van der Waals surface area contributed by atoms with Crippen LogP contribution in [-0.2, 0) is 9.53 Å². The van der Waals surface area contributed by atoms with Gasteiger partial charge in [0.25, 0.3) is 6.47 Å². The van der Waals surface area contributed by atoms with Crippen molar-refractivity contribution in [1.29, 1.82) is 0 Å². The van der Waals surface area contributed by atoms with E-state index in [-0.39, 0.29) is 6.10 Å². The van der Waals surface area contributed by atoms with Crippen LogP contribution in [0.2, 0.25) is 0 Å². The van der Waals surface area contributed by atoms with Crippen molar-refractivity contribution in [2.75, 3.05) is 0 Å². The average Bonchev–Trinajstić information content (AvgIpc) is 2.48. The first-order chi connectivity index (χ1) is 4.90. The summed E-state index contributed by atoms with van der Waals surface area (Å²) >= 11 is 0. The largest absolute Gasteiger partial charge is 0.464 e. The van der Waals surface area contributed by atoms with E-state index in [0.29, 0.717) is 18.3 Å². The van der Waals surface area contributed by atoms with Crippen molar-refractivity contribution >= 4 is 6.47 Å². The number of carbonyl (C=O) groups excluding carboxylic acids is 1. The maximum absolute atomic E-state index is 9.99. The van der Waals surface area contributed by atoms with E-state index in [1.54, 1.807) is 0 Å². The van der Waals surface area contributed by atoms with Crippen LogP contribution in [0.3, 0.4) is 0 Å². The van der Waals surface area contributed by atoms with Crippen LogP contribution < -0.4 is 0 Å². The van der Waals surface area contributed by atoms with Gasteiger partial charge in [0, 0.05) is 5.92 Å². The number of ether oxygens (including phenoxy) is 1. The van der Waals surface area contributed by atoms with Gasteiger partial charge in [0.1, 0.15) is 6.10 Å². The predicted molar refractivity (Wildman–Crippen MR) is 36.3 cm³/mol. The van der Waals surface area contributed by atoms with Crippen molar-refractivity contribution in [2.24, 2.45) is 11.8 Å². The second kappa shape index (κ2) is 2.11. The van der Waals surface area contributed by atoms with Crippen molar-refractivity contribution < 1.29 is 9.53 Å². The van der Waals surface area contributed by atoms with Gasteiger partial charge >= 0.3 is 0 Å². The summed E-state index contributed by atoms with van der Waals surface area (Å²) in [6.07, 6.45) is 6.82. The molecule has 2 heteroatoms. The Bertz CT molecular complexity index is 174. The zero-order valence-electron chi connectivity index (χ0n) is 5.69. The predicted octanol–water partition coefficient (Wildman–Crippen LogP) is 1.12. The summed E-state index contributed by atoms with van der Waals surface area (Å²) in [5, 5.41) is 0. The van der Waals surface area contributed by atoms with Crippen LogP contribution in [0.25, 0.3) is 0 Å². The third kappa shape index (κ3) is 0.753. The molecule has 1 fully saturated rings. The molecule has 2 nitrogen and oxygen atoms in total. The van der Waals surface area contributed by atoms with Crippen molar-refractivity contribution in [3.8, 4) is 0 Å². The lowest BCUT2D eigenvalue weighted by Crippen LogP contribution is -2.16. The highest BCUT2D eigenvalue weighted by Gasteiger charge is 2.36. The zero-order valence-corrected chi connectivity index (χ0v) is 5.69. The summed E-state index contributed by atoms with van der Waals surface area (Å²) in [7, 11) is 0. The first-order valence-electron chi connectivity index (χ1n) is 3.67. The number of rotatable bonds is 2. The molecular weight excluding hydrogens is 128 g/mol. The molecule has 1 saturated carbocycles. The number of allylic oxidation sites excluding steroid dienone is 1. The quantitative estimate of drug-likeness (QED) is 0.422. The van der Waals surface area contributed by atoms with Gasteiger partial charge in [0.15, 0.2) is 0 Å². The third-order valence-corrected chi connectivity index (χ3v) is 2.45. The Balaban J connectivity index is 2.02. The molecule has 2 aliphatic rings. The van der Waals surface area contributed by atoms with Gasteiger partial charge in [0.2, 0.25) is 0 Å². The molecule has 0 spiro atoms. The minimum absolute atomic E-state index is 0.187. The molecule has 0 aliphatic heterocycles. The van der Waals surface area contributed by atoms with Gasteiger partial charge in [-0.25, -0.2) is 0 Å². The van der Waals surface area contributed by atoms with E-state index in [1.165, 1.54) is 6.42 Å². The lowest BCUT2D eigenvalue weighted by Gasteiger charge is -2.14. The molecule has 0 radical (unpaired) electrons. The van der Waals surface area contributed by atoms with E-state index < -0.39 is 0 Å². The summed E-state index contributed by atoms with van der Waals surface area (Å²) in [4.78, 5) is 9.99. The summed E-state index contributed by atoms with van der Waals surface area (Å²) < 4.78 is 4.90.